The second-order valence-corrected chi connectivity index (χ2v) is 2.74. The lowest BCUT2D eigenvalue weighted by Crippen LogP contribution is -2.10. The van der Waals surface area contributed by atoms with Gasteiger partial charge in [0.05, 0.1) is 7.11 Å². The fourth-order valence-corrected chi connectivity index (χ4v) is 0.940. The molecule has 3 heteroatoms. The Morgan fingerprint density at radius 1 is 1.58 bits per heavy atom. The van der Waals surface area contributed by atoms with Gasteiger partial charge in [-0.2, -0.15) is 0 Å². The highest BCUT2D eigenvalue weighted by atomic mass is 16.5. The van der Waals surface area contributed by atoms with Gasteiger partial charge in [0.1, 0.15) is 0 Å². The van der Waals surface area contributed by atoms with Crippen LogP contribution in [0.5, 0.6) is 5.88 Å². The van der Waals surface area contributed by atoms with E-state index in [-0.39, 0.29) is 0 Å². The molecule has 1 heterocycles. The van der Waals surface area contributed by atoms with Crippen molar-refractivity contribution in [1.82, 2.24) is 4.98 Å². The van der Waals surface area contributed by atoms with Crippen LogP contribution in [0.3, 0.4) is 0 Å². The highest BCUT2D eigenvalue weighted by Gasteiger charge is 2.04. The standard InChI is InChI=1S/C9H14N2O/c1-7(6-10)8-4-3-5-9(11-8)12-2/h3-5,7H,6,10H2,1-2H3/t7-/m0/s1. The van der Waals surface area contributed by atoms with E-state index in [0.29, 0.717) is 18.3 Å². The van der Waals surface area contributed by atoms with E-state index < -0.39 is 0 Å². The maximum Gasteiger partial charge on any atom is 0.213 e. The van der Waals surface area contributed by atoms with Gasteiger partial charge >= 0.3 is 0 Å². The molecule has 0 aliphatic carbocycles. The summed E-state index contributed by atoms with van der Waals surface area (Å²) in [6.07, 6.45) is 0. The summed E-state index contributed by atoms with van der Waals surface area (Å²) in [6, 6.07) is 5.71. The fraction of sp³-hybridized carbons (Fsp3) is 0.444. The van der Waals surface area contributed by atoms with Gasteiger partial charge in [-0.3, -0.25) is 0 Å². The Morgan fingerprint density at radius 3 is 2.92 bits per heavy atom. The molecule has 0 fully saturated rings. The lowest BCUT2D eigenvalue weighted by molar-refractivity contribution is 0.395. The Balaban J connectivity index is 2.86. The summed E-state index contributed by atoms with van der Waals surface area (Å²) in [7, 11) is 1.61. The summed E-state index contributed by atoms with van der Waals surface area (Å²) in [6.45, 7) is 2.65. The highest BCUT2D eigenvalue weighted by molar-refractivity contribution is 5.18. The average Bonchev–Trinajstić information content (AvgIpc) is 2.17. The Morgan fingerprint density at radius 2 is 2.33 bits per heavy atom. The third-order valence-electron chi connectivity index (χ3n) is 1.81. The first-order chi connectivity index (χ1) is 5.77. The molecule has 0 bridgehead atoms. The van der Waals surface area contributed by atoms with Crippen molar-refractivity contribution in [2.24, 2.45) is 5.73 Å². The Bertz CT molecular complexity index is 250. The van der Waals surface area contributed by atoms with E-state index in [0.717, 1.165) is 5.69 Å². The maximum atomic E-state index is 5.51. The van der Waals surface area contributed by atoms with Crippen LogP contribution in [0.25, 0.3) is 0 Å². The summed E-state index contributed by atoms with van der Waals surface area (Å²) in [4.78, 5) is 4.26. The van der Waals surface area contributed by atoms with Crippen LogP contribution in [0.4, 0.5) is 0 Å². The first-order valence-corrected chi connectivity index (χ1v) is 3.99. The van der Waals surface area contributed by atoms with E-state index in [9.17, 15) is 0 Å². The summed E-state index contributed by atoms with van der Waals surface area (Å²) in [5.74, 6) is 0.938. The number of pyridine rings is 1. The molecule has 0 saturated heterocycles. The molecule has 1 aromatic heterocycles. The van der Waals surface area contributed by atoms with E-state index in [1.807, 2.05) is 25.1 Å². The maximum absolute atomic E-state index is 5.51. The quantitative estimate of drug-likeness (QED) is 0.732. The monoisotopic (exact) mass is 166 g/mol. The van der Waals surface area contributed by atoms with Gasteiger partial charge < -0.3 is 10.5 Å². The number of methoxy groups -OCH3 is 1. The second-order valence-electron chi connectivity index (χ2n) is 2.74. The van der Waals surface area contributed by atoms with Crippen LogP contribution in [-0.2, 0) is 0 Å². The first kappa shape index (κ1) is 9.00. The summed E-state index contributed by atoms with van der Waals surface area (Å²) in [5.41, 5.74) is 6.50. The molecule has 0 amide bonds. The zero-order valence-electron chi connectivity index (χ0n) is 7.45. The normalized spacial score (nSPS) is 12.6. The number of aromatic nitrogens is 1. The third-order valence-corrected chi connectivity index (χ3v) is 1.81. The van der Waals surface area contributed by atoms with Crippen LogP contribution < -0.4 is 10.5 Å². The van der Waals surface area contributed by atoms with Gasteiger partial charge in [0.15, 0.2) is 0 Å². The van der Waals surface area contributed by atoms with Gasteiger partial charge in [0, 0.05) is 24.2 Å². The number of nitrogens with zero attached hydrogens (tertiary/aromatic N) is 1. The van der Waals surface area contributed by atoms with Crippen LogP contribution in [0.15, 0.2) is 18.2 Å². The van der Waals surface area contributed by atoms with Gasteiger partial charge in [0.25, 0.3) is 0 Å². The third kappa shape index (κ3) is 1.95. The van der Waals surface area contributed by atoms with Crippen molar-refractivity contribution in [3.05, 3.63) is 23.9 Å². The molecule has 66 valence electrons. The molecule has 3 nitrogen and oxygen atoms in total. The molecule has 2 N–H and O–H groups in total. The predicted molar refractivity (Wildman–Crippen MR) is 48.3 cm³/mol. The molecule has 0 aliphatic heterocycles. The van der Waals surface area contributed by atoms with Gasteiger partial charge in [-0.15, -0.1) is 0 Å². The van der Waals surface area contributed by atoms with Gasteiger partial charge in [-0.05, 0) is 6.07 Å². The van der Waals surface area contributed by atoms with Crippen LogP contribution in [0.1, 0.15) is 18.5 Å². The number of ether oxygens (including phenoxy) is 1. The predicted octanol–water partition coefficient (Wildman–Crippen LogP) is 1.15. The van der Waals surface area contributed by atoms with Crippen LogP contribution in [-0.4, -0.2) is 18.6 Å². The molecule has 1 rings (SSSR count). The Labute approximate surface area is 72.6 Å². The minimum absolute atomic E-state index is 0.292. The SMILES string of the molecule is COc1cccc([C@@H](C)CN)n1. The minimum Gasteiger partial charge on any atom is -0.481 e. The fourth-order valence-electron chi connectivity index (χ4n) is 0.940. The molecule has 12 heavy (non-hydrogen) atoms. The zero-order valence-corrected chi connectivity index (χ0v) is 7.45. The molecule has 1 aromatic rings. The molecule has 0 unspecified atom stereocenters. The topological polar surface area (TPSA) is 48.1 Å². The molecule has 1 atom stereocenters. The van der Waals surface area contributed by atoms with E-state index in [2.05, 4.69) is 4.98 Å². The van der Waals surface area contributed by atoms with E-state index in [1.54, 1.807) is 7.11 Å². The Kier molecular flexibility index (Phi) is 3.05. The number of nitrogens with two attached hydrogens (primary N) is 1. The largest absolute Gasteiger partial charge is 0.481 e. The van der Waals surface area contributed by atoms with Gasteiger partial charge in [0.2, 0.25) is 5.88 Å². The first-order valence-electron chi connectivity index (χ1n) is 3.99. The van der Waals surface area contributed by atoms with Crippen molar-refractivity contribution in [2.75, 3.05) is 13.7 Å². The average molecular weight is 166 g/mol. The molecule has 0 radical (unpaired) electrons. The second kappa shape index (κ2) is 4.07. The van der Waals surface area contributed by atoms with E-state index in [4.69, 9.17) is 10.5 Å². The molecule has 0 spiro atoms. The zero-order chi connectivity index (χ0) is 8.97. The van der Waals surface area contributed by atoms with Crippen molar-refractivity contribution in [3.8, 4) is 5.88 Å². The minimum atomic E-state index is 0.292. The molecule has 0 aliphatic rings. The summed E-state index contributed by atoms with van der Waals surface area (Å²) >= 11 is 0. The summed E-state index contributed by atoms with van der Waals surface area (Å²) < 4.78 is 5.00. The summed E-state index contributed by atoms with van der Waals surface area (Å²) in [5, 5.41) is 0. The number of hydrogen-bond donors (Lipinski definition) is 1. The number of hydrogen-bond acceptors (Lipinski definition) is 3. The van der Waals surface area contributed by atoms with Crippen molar-refractivity contribution in [1.29, 1.82) is 0 Å². The smallest absolute Gasteiger partial charge is 0.213 e. The molecular weight excluding hydrogens is 152 g/mol. The van der Waals surface area contributed by atoms with Gasteiger partial charge in [-0.1, -0.05) is 13.0 Å². The van der Waals surface area contributed by atoms with E-state index in [1.165, 1.54) is 0 Å². The van der Waals surface area contributed by atoms with Crippen molar-refractivity contribution >= 4 is 0 Å². The van der Waals surface area contributed by atoms with Crippen molar-refractivity contribution in [3.63, 3.8) is 0 Å². The van der Waals surface area contributed by atoms with E-state index >= 15 is 0 Å². The van der Waals surface area contributed by atoms with Gasteiger partial charge in [-0.25, -0.2) is 4.98 Å². The lowest BCUT2D eigenvalue weighted by atomic mass is 10.1. The molecular formula is C9H14N2O. The van der Waals surface area contributed by atoms with Crippen molar-refractivity contribution < 1.29 is 4.74 Å². The highest BCUT2D eigenvalue weighted by Crippen LogP contribution is 2.14. The van der Waals surface area contributed by atoms with Crippen molar-refractivity contribution in [2.45, 2.75) is 12.8 Å². The van der Waals surface area contributed by atoms with Crippen LogP contribution in [0.2, 0.25) is 0 Å². The van der Waals surface area contributed by atoms with Crippen LogP contribution in [0, 0.1) is 0 Å². The molecule has 0 aromatic carbocycles. The Hall–Kier alpha value is -1.09. The lowest BCUT2D eigenvalue weighted by Gasteiger charge is -2.08. The number of rotatable bonds is 3. The molecule has 0 saturated carbocycles. The van der Waals surface area contributed by atoms with Crippen LogP contribution >= 0.6 is 0 Å².